The summed E-state index contributed by atoms with van der Waals surface area (Å²) in [5.41, 5.74) is 5.39. The topological polar surface area (TPSA) is 96.9 Å². The summed E-state index contributed by atoms with van der Waals surface area (Å²) in [6.45, 7) is 1.79. The first-order chi connectivity index (χ1) is 11.9. The van der Waals surface area contributed by atoms with Gasteiger partial charge in [0.1, 0.15) is 17.2 Å². The van der Waals surface area contributed by atoms with E-state index in [9.17, 15) is 14.7 Å². The Labute approximate surface area is 149 Å². The van der Waals surface area contributed by atoms with Gasteiger partial charge in [-0.2, -0.15) is 0 Å². The molecule has 25 heavy (non-hydrogen) atoms. The van der Waals surface area contributed by atoms with Gasteiger partial charge < -0.3 is 14.6 Å². The number of hydrazine groups is 1. The van der Waals surface area contributed by atoms with Crippen molar-refractivity contribution in [3.63, 3.8) is 0 Å². The molecule has 0 heterocycles. The van der Waals surface area contributed by atoms with Gasteiger partial charge in [0, 0.05) is 16.1 Å². The second-order valence-electron chi connectivity index (χ2n) is 5.08. The van der Waals surface area contributed by atoms with Crippen LogP contribution in [0, 0.1) is 6.92 Å². The molecule has 2 amide bonds. The number of methoxy groups -OCH3 is 2. The van der Waals surface area contributed by atoms with Crippen LogP contribution in [0.2, 0.25) is 5.02 Å². The predicted molar refractivity (Wildman–Crippen MR) is 92.3 cm³/mol. The van der Waals surface area contributed by atoms with Crippen LogP contribution in [0.5, 0.6) is 17.2 Å². The SMILES string of the molecule is COc1cc(C(=O)NNC(=O)c2cc(Cl)ccc2O)cc(OC)c1C. The molecule has 0 unspecified atom stereocenters. The summed E-state index contributed by atoms with van der Waals surface area (Å²) in [6, 6.07) is 7.06. The van der Waals surface area contributed by atoms with Gasteiger partial charge in [-0.25, -0.2) is 0 Å². The zero-order valence-electron chi connectivity index (χ0n) is 13.8. The molecule has 7 nitrogen and oxygen atoms in total. The summed E-state index contributed by atoms with van der Waals surface area (Å²) in [4.78, 5) is 24.3. The third-order valence-electron chi connectivity index (χ3n) is 3.51. The fraction of sp³-hybridized carbons (Fsp3) is 0.176. The molecule has 0 saturated carbocycles. The highest BCUT2D eigenvalue weighted by atomic mass is 35.5. The van der Waals surface area contributed by atoms with Gasteiger partial charge >= 0.3 is 0 Å². The standard InChI is InChI=1S/C17H17ClN2O5/c1-9-14(24-2)6-10(7-15(9)25-3)16(22)19-20-17(23)12-8-11(18)4-5-13(12)21/h4-8,21H,1-3H3,(H,19,22)(H,20,23). The van der Waals surface area contributed by atoms with Gasteiger partial charge in [-0.15, -0.1) is 0 Å². The summed E-state index contributed by atoms with van der Waals surface area (Å²) >= 11 is 5.79. The van der Waals surface area contributed by atoms with E-state index in [1.807, 2.05) is 0 Å². The van der Waals surface area contributed by atoms with Crippen molar-refractivity contribution >= 4 is 23.4 Å². The lowest BCUT2D eigenvalue weighted by molar-refractivity contribution is 0.0844. The van der Waals surface area contributed by atoms with E-state index in [0.717, 1.165) is 5.56 Å². The maximum absolute atomic E-state index is 12.3. The van der Waals surface area contributed by atoms with Crippen LogP contribution in [-0.4, -0.2) is 31.1 Å². The molecule has 0 aliphatic carbocycles. The average Bonchev–Trinajstić information content (AvgIpc) is 2.61. The Bertz CT molecular complexity index is 798. The van der Waals surface area contributed by atoms with E-state index in [1.54, 1.807) is 6.92 Å². The Hall–Kier alpha value is -2.93. The van der Waals surface area contributed by atoms with Gasteiger partial charge in [0.05, 0.1) is 19.8 Å². The van der Waals surface area contributed by atoms with Crippen molar-refractivity contribution in [2.75, 3.05) is 14.2 Å². The molecule has 2 aromatic carbocycles. The minimum absolute atomic E-state index is 0.0631. The van der Waals surface area contributed by atoms with Gasteiger partial charge in [-0.3, -0.25) is 20.4 Å². The second kappa shape index (κ2) is 7.76. The van der Waals surface area contributed by atoms with E-state index in [-0.39, 0.29) is 21.9 Å². The summed E-state index contributed by atoms with van der Waals surface area (Å²) in [5.74, 6) is -0.590. The molecule has 0 spiro atoms. The van der Waals surface area contributed by atoms with E-state index < -0.39 is 11.8 Å². The molecule has 0 bridgehead atoms. The minimum Gasteiger partial charge on any atom is -0.507 e. The van der Waals surface area contributed by atoms with E-state index >= 15 is 0 Å². The second-order valence-corrected chi connectivity index (χ2v) is 5.51. The number of ether oxygens (including phenoxy) is 2. The van der Waals surface area contributed by atoms with Crippen LogP contribution in [0.1, 0.15) is 26.3 Å². The number of carbonyl (C=O) groups excluding carboxylic acids is 2. The third-order valence-corrected chi connectivity index (χ3v) is 3.74. The summed E-state index contributed by atoms with van der Waals surface area (Å²) in [6.07, 6.45) is 0. The van der Waals surface area contributed by atoms with E-state index in [1.165, 1.54) is 44.6 Å². The average molecular weight is 365 g/mol. The van der Waals surface area contributed by atoms with E-state index in [4.69, 9.17) is 21.1 Å². The van der Waals surface area contributed by atoms with Crippen molar-refractivity contribution in [3.8, 4) is 17.2 Å². The number of aromatic hydroxyl groups is 1. The Morgan fingerprint density at radius 3 is 2.12 bits per heavy atom. The minimum atomic E-state index is -0.709. The van der Waals surface area contributed by atoms with Crippen LogP contribution < -0.4 is 20.3 Å². The molecule has 3 N–H and O–H groups in total. The summed E-state index contributed by atoms with van der Waals surface area (Å²) in [5, 5.41) is 9.97. The summed E-state index contributed by atoms with van der Waals surface area (Å²) < 4.78 is 10.4. The van der Waals surface area contributed by atoms with Crippen molar-refractivity contribution in [3.05, 3.63) is 52.0 Å². The van der Waals surface area contributed by atoms with Crippen LogP contribution in [0.25, 0.3) is 0 Å². The van der Waals surface area contributed by atoms with Crippen molar-refractivity contribution in [2.24, 2.45) is 0 Å². The molecule has 0 aliphatic heterocycles. The Morgan fingerprint density at radius 1 is 1.00 bits per heavy atom. The first-order valence-corrected chi connectivity index (χ1v) is 7.57. The number of phenolic OH excluding ortho intramolecular Hbond substituents is 1. The molecular weight excluding hydrogens is 348 g/mol. The number of halogens is 1. The van der Waals surface area contributed by atoms with Gasteiger partial charge in [0.15, 0.2) is 0 Å². The normalized spacial score (nSPS) is 10.1. The number of hydrogen-bond donors (Lipinski definition) is 3. The van der Waals surface area contributed by atoms with Crippen molar-refractivity contribution in [2.45, 2.75) is 6.92 Å². The maximum atomic E-state index is 12.3. The summed E-state index contributed by atoms with van der Waals surface area (Å²) in [7, 11) is 2.96. The highest BCUT2D eigenvalue weighted by molar-refractivity contribution is 6.31. The largest absolute Gasteiger partial charge is 0.507 e. The molecule has 132 valence electrons. The molecule has 2 rings (SSSR count). The zero-order chi connectivity index (χ0) is 18.6. The molecule has 2 aromatic rings. The quantitative estimate of drug-likeness (QED) is 0.724. The molecule has 0 fully saturated rings. The fourth-order valence-corrected chi connectivity index (χ4v) is 2.33. The first kappa shape index (κ1) is 18.4. The van der Waals surface area contributed by atoms with Crippen molar-refractivity contribution < 1.29 is 24.2 Å². The lowest BCUT2D eigenvalue weighted by Crippen LogP contribution is -2.41. The maximum Gasteiger partial charge on any atom is 0.273 e. The zero-order valence-corrected chi connectivity index (χ0v) is 14.6. The number of hydrogen-bond acceptors (Lipinski definition) is 5. The molecule has 0 radical (unpaired) electrons. The number of nitrogens with one attached hydrogen (secondary N) is 2. The van der Waals surface area contributed by atoms with Gasteiger partial charge in [-0.1, -0.05) is 11.6 Å². The molecular formula is C17H17ClN2O5. The Balaban J connectivity index is 2.15. The van der Waals surface area contributed by atoms with Crippen LogP contribution in [0.15, 0.2) is 30.3 Å². The number of rotatable bonds is 4. The number of phenols is 1. The Morgan fingerprint density at radius 2 is 1.56 bits per heavy atom. The van der Waals surface area contributed by atoms with Crippen LogP contribution in [0.4, 0.5) is 0 Å². The van der Waals surface area contributed by atoms with Crippen LogP contribution in [-0.2, 0) is 0 Å². The number of carbonyl (C=O) groups is 2. The molecule has 0 aliphatic rings. The fourth-order valence-electron chi connectivity index (χ4n) is 2.16. The molecule has 0 saturated heterocycles. The van der Waals surface area contributed by atoms with Gasteiger partial charge in [-0.05, 0) is 37.3 Å². The lowest BCUT2D eigenvalue weighted by atomic mass is 10.1. The van der Waals surface area contributed by atoms with Gasteiger partial charge in [0.2, 0.25) is 0 Å². The smallest absolute Gasteiger partial charge is 0.273 e. The predicted octanol–water partition coefficient (Wildman–Crippen LogP) is 2.45. The number of benzene rings is 2. The highest BCUT2D eigenvalue weighted by Gasteiger charge is 2.16. The highest BCUT2D eigenvalue weighted by Crippen LogP contribution is 2.29. The van der Waals surface area contributed by atoms with E-state index in [2.05, 4.69) is 10.9 Å². The Kier molecular flexibility index (Phi) is 5.71. The molecule has 8 heteroatoms. The molecule has 0 atom stereocenters. The van der Waals surface area contributed by atoms with Crippen LogP contribution >= 0.6 is 11.6 Å². The van der Waals surface area contributed by atoms with E-state index in [0.29, 0.717) is 11.5 Å². The monoisotopic (exact) mass is 364 g/mol. The molecule has 0 aromatic heterocycles. The lowest BCUT2D eigenvalue weighted by Gasteiger charge is -2.13. The number of amides is 2. The van der Waals surface area contributed by atoms with Crippen molar-refractivity contribution in [1.29, 1.82) is 0 Å². The van der Waals surface area contributed by atoms with Crippen molar-refractivity contribution in [1.82, 2.24) is 10.9 Å². The van der Waals surface area contributed by atoms with Crippen LogP contribution in [0.3, 0.4) is 0 Å². The third kappa shape index (κ3) is 4.13. The van der Waals surface area contributed by atoms with Gasteiger partial charge in [0.25, 0.3) is 11.8 Å². The first-order valence-electron chi connectivity index (χ1n) is 7.19.